The summed E-state index contributed by atoms with van der Waals surface area (Å²) in [5.41, 5.74) is 1.93. The lowest BCUT2D eigenvalue weighted by Crippen LogP contribution is -2.29. The molecular formula is C20H23N3O4. The van der Waals surface area contributed by atoms with Gasteiger partial charge in [-0.3, -0.25) is 14.9 Å². The van der Waals surface area contributed by atoms with Crippen molar-refractivity contribution in [2.75, 3.05) is 32.1 Å². The van der Waals surface area contributed by atoms with Gasteiger partial charge in [-0.1, -0.05) is 18.2 Å². The van der Waals surface area contributed by atoms with Gasteiger partial charge in [0.25, 0.3) is 11.6 Å². The van der Waals surface area contributed by atoms with Crippen LogP contribution in [0.1, 0.15) is 28.8 Å². The molecule has 0 atom stereocenters. The zero-order chi connectivity index (χ0) is 19.4. The standard InChI is InChI=1S/C20H23N3O4/c1-21(14-15-7-3-4-8-19(15)27-2)20(24)17-13-16(23(25)26)9-10-18(17)22-11-5-6-12-22/h3-4,7-10,13H,5-6,11-12,14H2,1-2H3. The van der Waals surface area contributed by atoms with Crippen molar-refractivity contribution in [3.8, 4) is 5.75 Å². The SMILES string of the molecule is COc1ccccc1CN(C)C(=O)c1cc([N+](=O)[O-])ccc1N1CCCC1. The second kappa shape index (κ2) is 8.07. The van der Waals surface area contributed by atoms with Gasteiger partial charge in [0, 0.05) is 44.4 Å². The number of methoxy groups -OCH3 is 1. The maximum absolute atomic E-state index is 13.1. The molecule has 0 bridgehead atoms. The summed E-state index contributed by atoms with van der Waals surface area (Å²) in [6.45, 7) is 2.06. The first-order chi connectivity index (χ1) is 13.0. The van der Waals surface area contributed by atoms with Crippen molar-refractivity contribution in [2.45, 2.75) is 19.4 Å². The third-order valence-corrected chi connectivity index (χ3v) is 4.81. The van der Waals surface area contributed by atoms with Crippen LogP contribution in [-0.2, 0) is 6.54 Å². The van der Waals surface area contributed by atoms with E-state index in [4.69, 9.17) is 4.74 Å². The highest BCUT2D eigenvalue weighted by Gasteiger charge is 2.24. The molecule has 1 fully saturated rings. The molecule has 0 N–H and O–H groups in total. The van der Waals surface area contributed by atoms with Crippen LogP contribution in [0.5, 0.6) is 5.75 Å². The second-order valence-corrected chi connectivity index (χ2v) is 6.63. The molecule has 0 radical (unpaired) electrons. The Balaban J connectivity index is 1.91. The molecule has 2 aromatic rings. The maximum atomic E-state index is 13.1. The Bertz CT molecular complexity index is 847. The molecule has 1 saturated heterocycles. The third kappa shape index (κ3) is 4.02. The van der Waals surface area contributed by atoms with E-state index in [0.717, 1.165) is 37.2 Å². The number of amides is 1. The van der Waals surface area contributed by atoms with E-state index in [-0.39, 0.29) is 11.6 Å². The van der Waals surface area contributed by atoms with E-state index in [1.54, 1.807) is 25.1 Å². The summed E-state index contributed by atoms with van der Waals surface area (Å²) in [5.74, 6) is 0.461. The minimum Gasteiger partial charge on any atom is -0.496 e. The molecule has 3 rings (SSSR count). The summed E-state index contributed by atoms with van der Waals surface area (Å²) in [4.78, 5) is 27.6. The molecule has 27 heavy (non-hydrogen) atoms. The number of rotatable bonds is 6. The average molecular weight is 369 g/mol. The second-order valence-electron chi connectivity index (χ2n) is 6.63. The van der Waals surface area contributed by atoms with Crippen LogP contribution in [0.2, 0.25) is 0 Å². The average Bonchev–Trinajstić information content (AvgIpc) is 3.21. The number of nitro groups is 1. The Morgan fingerprint density at radius 2 is 1.93 bits per heavy atom. The molecule has 0 unspecified atom stereocenters. The van der Waals surface area contributed by atoms with Crippen LogP contribution in [0.15, 0.2) is 42.5 Å². The molecular weight excluding hydrogens is 346 g/mol. The predicted molar refractivity (Wildman–Crippen MR) is 103 cm³/mol. The number of nitrogens with zero attached hydrogens (tertiary/aromatic N) is 3. The Kier molecular flexibility index (Phi) is 5.59. The van der Waals surface area contributed by atoms with Gasteiger partial charge < -0.3 is 14.5 Å². The highest BCUT2D eigenvalue weighted by atomic mass is 16.6. The van der Waals surface area contributed by atoms with Crippen LogP contribution in [0.25, 0.3) is 0 Å². The Hall–Kier alpha value is -3.09. The Morgan fingerprint density at radius 3 is 2.59 bits per heavy atom. The quantitative estimate of drug-likeness (QED) is 0.576. The van der Waals surface area contributed by atoms with E-state index in [1.807, 2.05) is 24.3 Å². The van der Waals surface area contributed by atoms with Gasteiger partial charge in [0.05, 0.1) is 23.3 Å². The van der Waals surface area contributed by atoms with Crippen molar-refractivity contribution < 1.29 is 14.5 Å². The first-order valence-corrected chi connectivity index (χ1v) is 8.92. The number of non-ortho nitro benzene ring substituents is 1. The van der Waals surface area contributed by atoms with Gasteiger partial charge >= 0.3 is 0 Å². The molecule has 1 aliphatic heterocycles. The van der Waals surface area contributed by atoms with Gasteiger partial charge in [0.15, 0.2) is 0 Å². The van der Waals surface area contributed by atoms with Crippen molar-refractivity contribution in [2.24, 2.45) is 0 Å². The largest absolute Gasteiger partial charge is 0.496 e. The fourth-order valence-corrected chi connectivity index (χ4v) is 3.41. The van der Waals surface area contributed by atoms with Crippen molar-refractivity contribution >= 4 is 17.3 Å². The number of carbonyl (C=O) groups is 1. The van der Waals surface area contributed by atoms with E-state index in [9.17, 15) is 14.9 Å². The Morgan fingerprint density at radius 1 is 1.22 bits per heavy atom. The summed E-state index contributed by atoms with van der Waals surface area (Å²) in [5, 5.41) is 11.2. The lowest BCUT2D eigenvalue weighted by Gasteiger charge is -2.24. The smallest absolute Gasteiger partial charge is 0.270 e. The molecule has 1 amide bonds. The third-order valence-electron chi connectivity index (χ3n) is 4.81. The first-order valence-electron chi connectivity index (χ1n) is 8.92. The lowest BCUT2D eigenvalue weighted by molar-refractivity contribution is -0.384. The lowest BCUT2D eigenvalue weighted by atomic mass is 10.1. The summed E-state index contributed by atoms with van der Waals surface area (Å²) in [6, 6.07) is 12.0. The minimum atomic E-state index is -0.467. The van der Waals surface area contributed by atoms with Crippen molar-refractivity contribution in [1.82, 2.24) is 4.90 Å². The van der Waals surface area contributed by atoms with E-state index in [0.29, 0.717) is 17.9 Å². The van der Waals surface area contributed by atoms with E-state index < -0.39 is 4.92 Å². The molecule has 142 valence electrons. The topological polar surface area (TPSA) is 75.9 Å². The maximum Gasteiger partial charge on any atom is 0.270 e. The summed E-state index contributed by atoms with van der Waals surface area (Å²) in [7, 11) is 3.29. The number of carbonyl (C=O) groups excluding carboxylic acids is 1. The molecule has 7 nitrogen and oxygen atoms in total. The number of para-hydroxylation sites is 1. The van der Waals surface area contributed by atoms with Gasteiger partial charge in [-0.2, -0.15) is 0 Å². The molecule has 1 aliphatic rings. The molecule has 0 saturated carbocycles. The molecule has 2 aromatic carbocycles. The number of nitro benzene ring substituents is 1. The van der Waals surface area contributed by atoms with Crippen LogP contribution < -0.4 is 9.64 Å². The van der Waals surface area contributed by atoms with Gasteiger partial charge in [0.2, 0.25) is 0 Å². The van der Waals surface area contributed by atoms with Gasteiger partial charge in [-0.15, -0.1) is 0 Å². The van der Waals surface area contributed by atoms with Crippen molar-refractivity contribution in [3.63, 3.8) is 0 Å². The monoisotopic (exact) mass is 369 g/mol. The highest BCUT2D eigenvalue weighted by molar-refractivity contribution is 6.00. The van der Waals surface area contributed by atoms with Gasteiger partial charge in [0.1, 0.15) is 5.75 Å². The summed E-state index contributed by atoms with van der Waals surface area (Å²) in [6.07, 6.45) is 2.11. The summed E-state index contributed by atoms with van der Waals surface area (Å²) < 4.78 is 5.35. The predicted octanol–water partition coefficient (Wildman–Crippen LogP) is 3.48. The highest BCUT2D eigenvalue weighted by Crippen LogP contribution is 2.30. The number of ether oxygens (including phenoxy) is 1. The first kappa shape index (κ1) is 18.7. The fourth-order valence-electron chi connectivity index (χ4n) is 3.41. The molecule has 7 heteroatoms. The van der Waals surface area contributed by atoms with Crippen molar-refractivity contribution in [1.29, 1.82) is 0 Å². The van der Waals surface area contributed by atoms with Crippen LogP contribution in [-0.4, -0.2) is 43.0 Å². The molecule has 0 spiro atoms. The van der Waals surface area contributed by atoms with E-state index >= 15 is 0 Å². The van der Waals surface area contributed by atoms with Crippen molar-refractivity contribution in [3.05, 3.63) is 63.7 Å². The van der Waals surface area contributed by atoms with Gasteiger partial charge in [-0.25, -0.2) is 0 Å². The fraction of sp³-hybridized carbons (Fsp3) is 0.350. The molecule has 1 heterocycles. The van der Waals surface area contributed by atoms with Gasteiger partial charge in [-0.05, 0) is 25.0 Å². The van der Waals surface area contributed by atoms with E-state index in [2.05, 4.69) is 4.90 Å². The van der Waals surface area contributed by atoms with Crippen LogP contribution >= 0.6 is 0 Å². The Labute approximate surface area is 158 Å². The zero-order valence-corrected chi connectivity index (χ0v) is 15.6. The number of hydrogen-bond acceptors (Lipinski definition) is 5. The molecule has 0 aliphatic carbocycles. The number of anilines is 1. The molecule has 0 aromatic heterocycles. The van der Waals surface area contributed by atoms with Crippen LogP contribution in [0.3, 0.4) is 0 Å². The summed E-state index contributed by atoms with van der Waals surface area (Å²) >= 11 is 0. The van der Waals surface area contributed by atoms with E-state index in [1.165, 1.54) is 12.1 Å². The van der Waals surface area contributed by atoms with Crippen LogP contribution in [0, 0.1) is 10.1 Å². The minimum absolute atomic E-state index is 0.0769. The zero-order valence-electron chi connectivity index (χ0n) is 15.6. The normalized spacial score (nSPS) is 13.5. The number of benzene rings is 2. The number of hydrogen-bond donors (Lipinski definition) is 0. The van der Waals surface area contributed by atoms with Crippen LogP contribution in [0.4, 0.5) is 11.4 Å².